The van der Waals surface area contributed by atoms with E-state index in [1.165, 1.54) is 18.2 Å². The molecule has 0 unspecified atom stereocenters. The number of ketones is 1. The average Bonchev–Trinajstić information content (AvgIpc) is 2.80. The molecule has 0 bridgehead atoms. The van der Waals surface area contributed by atoms with Gasteiger partial charge in [0.15, 0.2) is 11.3 Å². The minimum Gasteiger partial charge on any atom is -0.757 e. The van der Waals surface area contributed by atoms with E-state index in [2.05, 4.69) is 0 Å². The summed E-state index contributed by atoms with van der Waals surface area (Å²) in [6, 6.07) is 0. The van der Waals surface area contributed by atoms with E-state index in [0.29, 0.717) is 14.9 Å². The second-order valence-corrected chi connectivity index (χ2v) is 9.79. The van der Waals surface area contributed by atoms with Gasteiger partial charge in [0.2, 0.25) is 0 Å². The standard InChI is InChI=1S/C20H28N4O5.Na/c1-17(2)18(3,4)22(27)15(21(17)26)12-9-10-13(14(25)11-12)16-23(28)19(5,6)20(7,8)24(16)29;/h9-11,26H,1-8H3;/q-2;+1. The van der Waals surface area contributed by atoms with Gasteiger partial charge in [-0.1, -0.05) is 0 Å². The first-order valence-electron chi connectivity index (χ1n) is 9.48. The van der Waals surface area contributed by atoms with Crippen LogP contribution in [0.1, 0.15) is 55.4 Å². The van der Waals surface area contributed by atoms with Crippen molar-refractivity contribution in [3.05, 3.63) is 50.8 Å². The molecule has 9 nitrogen and oxygen atoms in total. The molecule has 1 saturated heterocycles. The molecule has 1 fully saturated rings. The Hall–Kier alpha value is -1.36. The van der Waals surface area contributed by atoms with Gasteiger partial charge >= 0.3 is 35.4 Å². The summed E-state index contributed by atoms with van der Waals surface area (Å²) in [6.45, 7) is 13.4. The zero-order valence-corrected chi connectivity index (χ0v) is 21.1. The minimum absolute atomic E-state index is 0. The van der Waals surface area contributed by atoms with Crippen LogP contribution in [-0.4, -0.2) is 58.9 Å². The molecule has 1 aliphatic carbocycles. The van der Waals surface area contributed by atoms with Crippen molar-refractivity contribution in [3.63, 3.8) is 0 Å². The number of hydrogen-bond donors (Lipinski definition) is 1. The summed E-state index contributed by atoms with van der Waals surface area (Å²) in [5, 5.41) is 51.1. The van der Waals surface area contributed by atoms with Crippen LogP contribution in [0.15, 0.2) is 35.2 Å². The van der Waals surface area contributed by atoms with Crippen LogP contribution in [0.2, 0.25) is 0 Å². The van der Waals surface area contributed by atoms with Crippen LogP contribution < -0.4 is 29.6 Å². The molecule has 2 aliphatic heterocycles. The van der Waals surface area contributed by atoms with Crippen LogP contribution >= 0.6 is 0 Å². The van der Waals surface area contributed by atoms with E-state index in [4.69, 9.17) is 0 Å². The fraction of sp³-hybridized carbons (Fsp3) is 0.600. The Morgan fingerprint density at radius 2 is 1.37 bits per heavy atom. The largest absolute Gasteiger partial charge is 1.00 e. The Morgan fingerprint density at radius 3 is 1.73 bits per heavy atom. The van der Waals surface area contributed by atoms with Gasteiger partial charge in [-0.05, 0) is 67.5 Å². The summed E-state index contributed by atoms with van der Waals surface area (Å²) < 4.78 is 0.677. The molecule has 0 aromatic rings. The molecule has 0 aromatic heterocycles. The maximum Gasteiger partial charge on any atom is 1.00 e. The second-order valence-electron chi connectivity index (χ2n) is 9.79. The van der Waals surface area contributed by atoms with Gasteiger partial charge in [-0.2, -0.15) is 0 Å². The summed E-state index contributed by atoms with van der Waals surface area (Å²) in [6.07, 6.45) is 3.99. The number of amidine groups is 1. The van der Waals surface area contributed by atoms with Gasteiger partial charge in [0.25, 0.3) is 0 Å². The molecule has 0 atom stereocenters. The molecule has 2 heterocycles. The number of carbonyl (C=O) groups excluding carboxylic acids is 1. The summed E-state index contributed by atoms with van der Waals surface area (Å²) >= 11 is 0. The molecule has 3 rings (SSSR count). The quantitative estimate of drug-likeness (QED) is 0.260. The summed E-state index contributed by atoms with van der Waals surface area (Å²) in [4.78, 5) is 12.8. The molecular weight excluding hydrogens is 399 g/mol. The normalized spacial score (nSPS) is 26.4. The first-order chi connectivity index (χ1) is 13.0. The third kappa shape index (κ3) is 2.91. The van der Waals surface area contributed by atoms with Crippen LogP contribution in [-0.2, 0) is 4.79 Å². The second kappa shape index (κ2) is 7.08. The predicted molar refractivity (Wildman–Crippen MR) is 108 cm³/mol. The molecule has 0 radical (unpaired) electrons. The number of allylic oxidation sites excluding steroid dienone is 3. The van der Waals surface area contributed by atoms with E-state index in [1.807, 2.05) is 0 Å². The Bertz CT molecular complexity index is 892. The molecule has 10 heteroatoms. The van der Waals surface area contributed by atoms with Crippen molar-refractivity contribution in [3.8, 4) is 0 Å². The van der Waals surface area contributed by atoms with Gasteiger partial charge in [-0.15, -0.1) is 5.06 Å². The average molecular weight is 427 g/mol. The maximum atomic E-state index is 12.8. The van der Waals surface area contributed by atoms with Crippen molar-refractivity contribution in [1.29, 1.82) is 0 Å². The molecule has 1 N–H and O–H groups in total. The van der Waals surface area contributed by atoms with Crippen molar-refractivity contribution in [1.82, 2.24) is 15.2 Å². The van der Waals surface area contributed by atoms with Crippen LogP contribution in [0.25, 0.3) is 0 Å². The summed E-state index contributed by atoms with van der Waals surface area (Å²) in [5.74, 6) is -0.892. The first-order valence-corrected chi connectivity index (χ1v) is 9.48. The van der Waals surface area contributed by atoms with Gasteiger partial charge in [-0.25, -0.2) is 5.21 Å². The Labute approximate surface area is 199 Å². The molecule has 30 heavy (non-hydrogen) atoms. The van der Waals surface area contributed by atoms with Crippen molar-refractivity contribution in [2.24, 2.45) is 0 Å². The van der Waals surface area contributed by atoms with Gasteiger partial charge in [-0.3, -0.25) is 9.53 Å². The Balaban J connectivity index is 0.00000320. The Kier molecular flexibility index (Phi) is 5.88. The number of rotatable bonds is 1. The van der Waals surface area contributed by atoms with Crippen molar-refractivity contribution >= 4 is 11.6 Å². The zero-order valence-electron chi connectivity index (χ0n) is 19.1. The molecular formula is C20H28N4NaO5-. The van der Waals surface area contributed by atoms with E-state index in [9.17, 15) is 25.6 Å². The first kappa shape index (κ1) is 24.9. The number of carbonyl (C=O) groups is 1. The SMILES string of the molecule is CC1(C)N([O-])C(=C2C=CC(C3=[N+]([O-])C(C)(C)C(C)(C)N3O)=CC2=O)N([O-])C1(C)C.[Na+]. The van der Waals surface area contributed by atoms with Gasteiger partial charge in [0.05, 0.1) is 17.0 Å². The van der Waals surface area contributed by atoms with Crippen molar-refractivity contribution in [2.75, 3.05) is 0 Å². The van der Waals surface area contributed by atoms with Crippen LogP contribution in [0, 0.1) is 15.6 Å². The minimum atomic E-state index is -1.04. The molecule has 3 aliphatic rings. The fourth-order valence-corrected chi connectivity index (χ4v) is 3.54. The molecule has 160 valence electrons. The van der Waals surface area contributed by atoms with E-state index in [1.54, 1.807) is 55.4 Å². The third-order valence-electron chi connectivity index (χ3n) is 7.31. The van der Waals surface area contributed by atoms with Crippen LogP contribution in [0.3, 0.4) is 0 Å². The molecule has 0 spiro atoms. The Morgan fingerprint density at radius 1 is 0.900 bits per heavy atom. The third-order valence-corrected chi connectivity index (χ3v) is 7.31. The smallest absolute Gasteiger partial charge is 0.757 e. The van der Waals surface area contributed by atoms with E-state index in [-0.39, 0.29) is 52.4 Å². The van der Waals surface area contributed by atoms with E-state index in [0.717, 1.165) is 5.06 Å². The maximum absolute atomic E-state index is 12.8. The molecule has 0 aromatic carbocycles. The van der Waals surface area contributed by atoms with Gasteiger partial charge in [0, 0.05) is 17.2 Å². The number of hydroxylamine groups is 7. The fourth-order valence-electron chi connectivity index (χ4n) is 3.54. The monoisotopic (exact) mass is 427 g/mol. The van der Waals surface area contributed by atoms with Gasteiger partial charge < -0.3 is 25.7 Å². The molecule has 0 amide bonds. The summed E-state index contributed by atoms with van der Waals surface area (Å²) in [7, 11) is 0. The number of hydrogen-bond acceptors (Lipinski definition) is 8. The molecule has 0 saturated carbocycles. The topological polar surface area (TPSA) is 119 Å². The van der Waals surface area contributed by atoms with Crippen molar-refractivity contribution < 1.29 is 44.3 Å². The van der Waals surface area contributed by atoms with Gasteiger partial charge in [0.1, 0.15) is 5.54 Å². The predicted octanol–water partition coefficient (Wildman–Crippen LogP) is -0.391. The van der Waals surface area contributed by atoms with E-state index < -0.39 is 27.9 Å². The van der Waals surface area contributed by atoms with Crippen LogP contribution in [0.4, 0.5) is 0 Å². The van der Waals surface area contributed by atoms with E-state index >= 15 is 0 Å². The zero-order chi connectivity index (χ0) is 22.3. The van der Waals surface area contributed by atoms with Crippen LogP contribution in [0.5, 0.6) is 0 Å². The summed E-state index contributed by atoms with van der Waals surface area (Å²) in [5.41, 5.74) is -3.78. The van der Waals surface area contributed by atoms with Crippen molar-refractivity contribution in [2.45, 2.75) is 77.5 Å². The number of nitrogens with zero attached hydrogens (tertiary/aromatic N) is 4.